The van der Waals surface area contributed by atoms with E-state index in [1.165, 1.54) is 6.92 Å². The molecule has 8 nitrogen and oxygen atoms in total. The number of ether oxygens (including phenoxy) is 1. The molecule has 0 unspecified atom stereocenters. The molecule has 0 aromatic heterocycles. The average molecular weight is 338 g/mol. The average Bonchev–Trinajstić information content (AvgIpc) is 2.53. The van der Waals surface area contributed by atoms with Crippen LogP contribution >= 0.6 is 0 Å². The van der Waals surface area contributed by atoms with Gasteiger partial charge in [0.05, 0.1) is 18.2 Å². The SMILES string of the molecule is CC(C)CCOc1ccc(NNNC(=O)NC[C@H](C)C(=O)O)cc1. The summed E-state index contributed by atoms with van der Waals surface area (Å²) < 4.78 is 5.61. The third-order valence-electron chi connectivity index (χ3n) is 3.19. The summed E-state index contributed by atoms with van der Waals surface area (Å²) in [5, 5.41) is 11.2. The van der Waals surface area contributed by atoms with Gasteiger partial charge in [-0.1, -0.05) is 20.8 Å². The molecule has 0 bridgehead atoms. The lowest BCUT2D eigenvalue weighted by atomic mass is 10.1. The van der Waals surface area contributed by atoms with Gasteiger partial charge in [0.2, 0.25) is 0 Å². The molecule has 1 atom stereocenters. The van der Waals surface area contributed by atoms with Crippen LogP contribution < -0.4 is 26.4 Å². The van der Waals surface area contributed by atoms with Gasteiger partial charge in [0.15, 0.2) is 0 Å². The number of carboxylic acids is 1. The van der Waals surface area contributed by atoms with Crippen LogP contribution in [0.15, 0.2) is 24.3 Å². The molecule has 134 valence electrons. The van der Waals surface area contributed by atoms with Crippen molar-refractivity contribution >= 4 is 17.7 Å². The third kappa shape index (κ3) is 8.23. The zero-order valence-electron chi connectivity index (χ0n) is 14.3. The van der Waals surface area contributed by atoms with Gasteiger partial charge in [-0.3, -0.25) is 10.2 Å². The summed E-state index contributed by atoms with van der Waals surface area (Å²) in [6.45, 7) is 6.53. The van der Waals surface area contributed by atoms with E-state index in [4.69, 9.17) is 9.84 Å². The maximum atomic E-state index is 11.4. The van der Waals surface area contributed by atoms with Gasteiger partial charge in [-0.15, -0.1) is 5.53 Å². The monoisotopic (exact) mass is 338 g/mol. The molecule has 2 amide bonds. The van der Waals surface area contributed by atoms with Crippen LogP contribution in [0.4, 0.5) is 10.5 Å². The second-order valence-corrected chi connectivity index (χ2v) is 5.88. The van der Waals surface area contributed by atoms with Crippen molar-refractivity contribution in [1.82, 2.24) is 16.3 Å². The van der Waals surface area contributed by atoms with Crippen LogP contribution in [0.25, 0.3) is 0 Å². The van der Waals surface area contributed by atoms with Crippen molar-refractivity contribution in [3.63, 3.8) is 0 Å². The first-order valence-corrected chi connectivity index (χ1v) is 7.89. The van der Waals surface area contributed by atoms with Gasteiger partial charge in [0, 0.05) is 6.54 Å². The highest BCUT2D eigenvalue weighted by atomic mass is 16.5. The number of carbonyl (C=O) groups is 2. The highest BCUT2D eigenvalue weighted by molar-refractivity contribution is 5.75. The molecule has 8 heteroatoms. The molecule has 5 N–H and O–H groups in total. The van der Waals surface area contributed by atoms with Crippen LogP contribution in [0.2, 0.25) is 0 Å². The number of nitrogens with one attached hydrogen (secondary N) is 4. The molecule has 0 fully saturated rings. The van der Waals surface area contributed by atoms with Gasteiger partial charge in [0.25, 0.3) is 0 Å². The van der Waals surface area contributed by atoms with E-state index in [2.05, 4.69) is 35.6 Å². The summed E-state index contributed by atoms with van der Waals surface area (Å²) in [5.41, 5.74) is 8.42. The Bertz CT molecular complexity index is 519. The van der Waals surface area contributed by atoms with E-state index in [0.29, 0.717) is 12.5 Å². The Morgan fingerprint density at radius 2 is 1.83 bits per heavy atom. The van der Waals surface area contributed by atoms with Gasteiger partial charge in [-0.25, -0.2) is 4.79 Å². The van der Waals surface area contributed by atoms with E-state index < -0.39 is 17.9 Å². The molecule has 0 heterocycles. The minimum atomic E-state index is -0.961. The molecular formula is C16H26N4O4. The Kier molecular flexibility index (Phi) is 8.42. The molecule has 0 radical (unpaired) electrons. The first-order valence-electron chi connectivity index (χ1n) is 7.89. The molecule has 0 saturated carbocycles. The van der Waals surface area contributed by atoms with Gasteiger partial charge >= 0.3 is 12.0 Å². The highest BCUT2D eigenvalue weighted by Crippen LogP contribution is 2.15. The fourth-order valence-electron chi connectivity index (χ4n) is 1.58. The summed E-state index contributed by atoms with van der Waals surface area (Å²) in [4.78, 5) is 22.1. The first kappa shape index (κ1) is 19.6. The Hall–Kier alpha value is -2.48. The summed E-state index contributed by atoms with van der Waals surface area (Å²) in [7, 11) is 0. The van der Waals surface area contributed by atoms with Crippen molar-refractivity contribution in [2.24, 2.45) is 11.8 Å². The van der Waals surface area contributed by atoms with E-state index in [9.17, 15) is 9.59 Å². The van der Waals surface area contributed by atoms with Crippen molar-refractivity contribution in [2.75, 3.05) is 18.6 Å². The van der Waals surface area contributed by atoms with Crippen LogP contribution in [-0.2, 0) is 4.79 Å². The quantitative estimate of drug-likeness (QED) is 0.417. The lowest BCUT2D eigenvalue weighted by Gasteiger charge is -2.13. The largest absolute Gasteiger partial charge is 0.494 e. The van der Waals surface area contributed by atoms with Gasteiger partial charge in [0.1, 0.15) is 5.75 Å². The Morgan fingerprint density at radius 1 is 1.17 bits per heavy atom. The van der Waals surface area contributed by atoms with Crippen LogP contribution in [0.3, 0.4) is 0 Å². The molecule has 0 aliphatic rings. The maximum Gasteiger partial charge on any atom is 0.330 e. The fourth-order valence-corrected chi connectivity index (χ4v) is 1.58. The number of aliphatic carboxylic acids is 1. The Balaban J connectivity index is 2.23. The molecule has 0 aliphatic carbocycles. The molecular weight excluding hydrogens is 312 g/mol. The van der Waals surface area contributed by atoms with E-state index in [-0.39, 0.29) is 6.54 Å². The number of carbonyl (C=O) groups excluding carboxylic acids is 1. The maximum absolute atomic E-state index is 11.4. The summed E-state index contributed by atoms with van der Waals surface area (Å²) in [5.74, 6) is -0.218. The van der Waals surface area contributed by atoms with Gasteiger partial charge in [-0.05, 0) is 36.6 Å². The first-order chi connectivity index (χ1) is 11.4. The number of benzene rings is 1. The topological polar surface area (TPSA) is 112 Å². The van der Waals surface area contributed by atoms with Crippen molar-refractivity contribution < 1.29 is 19.4 Å². The van der Waals surface area contributed by atoms with Crippen LogP contribution in [0.5, 0.6) is 5.75 Å². The van der Waals surface area contributed by atoms with Crippen molar-refractivity contribution in [3.8, 4) is 5.75 Å². The zero-order valence-corrected chi connectivity index (χ0v) is 14.3. The number of amides is 2. The highest BCUT2D eigenvalue weighted by Gasteiger charge is 2.11. The second-order valence-electron chi connectivity index (χ2n) is 5.88. The molecule has 1 aromatic carbocycles. The molecule has 0 aliphatic heterocycles. The van der Waals surface area contributed by atoms with E-state index in [0.717, 1.165) is 17.9 Å². The number of rotatable bonds is 10. The van der Waals surface area contributed by atoms with E-state index in [1.807, 2.05) is 24.3 Å². The van der Waals surface area contributed by atoms with E-state index >= 15 is 0 Å². The van der Waals surface area contributed by atoms with Crippen LogP contribution in [0, 0.1) is 11.8 Å². The van der Waals surface area contributed by atoms with Gasteiger partial charge in [-0.2, -0.15) is 0 Å². The summed E-state index contributed by atoms with van der Waals surface area (Å²) in [6.07, 6.45) is 1.00. The second kappa shape index (κ2) is 10.3. The Morgan fingerprint density at radius 3 is 2.42 bits per heavy atom. The zero-order chi connectivity index (χ0) is 17.9. The summed E-state index contributed by atoms with van der Waals surface area (Å²) in [6, 6.07) is 6.76. The normalized spacial score (nSPS) is 11.7. The summed E-state index contributed by atoms with van der Waals surface area (Å²) >= 11 is 0. The smallest absolute Gasteiger partial charge is 0.330 e. The number of hydrazine groups is 2. The third-order valence-corrected chi connectivity index (χ3v) is 3.19. The Labute approximate surface area is 141 Å². The molecule has 1 aromatic rings. The number of hydrogen-bond acceptors (Lipinski definition) is 5. The van der Waals surface area contributed by atoms with Crippen molar-refractivity contribution in [2.45, 2.75) is 27.2 Å². The predicted molar refractivity (Wildman–Crippen MR) is 91.5 cm³/mol. The number of anilines is 1. The number of carboxylic acid groups (broad SMARTS) is 1. The van der Waals surface area contributed by atoms with Crippen molar-refractivity contribution in [3.05, 3.63) is 24.3 Å². The van der Waals surface area contributed by atoms with Crippen LogP contribution in [0.1, 0.15) is 27.2 Å². The lowest BCUT2D eigenvalue weighted by Crippen LogP contribution is -2.48. The molecule has 24 heavy (non-hydrogen) atoms. The predicted octanol–water partition coefficient (Wildman–Crippen LogP) is 1.96. The molecule has 0 saturated heterocycles. The molecule has 0 spiro atoms. The number of urea groups is 1. The minimum Gasteiger partial charge on any atom is -0.494 e. The van der Waals surface area contributed by atoms with Crippen molar-refractivity contribution in [1.29, 1.82) is 0 Å². The lowest BCUT2D eigenvalue weighted by molar-refractivity contribution is -0.140. The number of hydrogen-bond donors (Lipinski definition) is 5. The standard InChI is InChI=1S/C16H26N4O4/c1-11(2)8-9-24-14-6-4-13(5-7-14)18-20-19-16(23)17-10-12(3)15(21)22/h4-7,11-12,18,20H,8-10H2,1-3H3,(H,21,22)(H2,17,19,23)/t12-/m0/s1. The fraction of sp³-hybridized carbons (Fsp3) is 0.500. The van der Waals surface area contributed by atoms with E-state index in [1.54, 1.807) is 0 Å². The molecule has 1 rings (SSSR count). The van der Waals surface area contributed by atoms with Crippen LogP contribution in [-0.4, -0.2) is 30.3 Å². The van der Waals surface area contributed by atoms with Gasteiger partial charge < -0.3 is 20.6 Å². The minimum absolute atomic E-state index is 0.0469.